The van der Waals surface area contributed by atoms with Gasteiger partial charge in [-0.1, -0.05) is 18.2 Å². The molecule has 136 valence electrons. The highest BCUT2D eigenvalue weighted by Crippen LogP contribution is 2.48. The van der Waals surface area contributed by atoms with E-state index in [1.165, 1.54) is 6.07 Å². The maximum absolute atomic E-state index is 12.9. The van der Waals surface area contributed by atoms with Crippen molar-refractivity contribution in [2.24, 2.45) is 5.41 Å². The molecule has 1 aliphatic carbocycles. The lowest BCUT2D eigenvalue weighted by molar-refractivity contribution is -0.141. The summed E-state index contributed by atoms with van der Waals surface area (Å²) in [5, 5.41) is 2.78. The van der Waals surface area contributed by atoms with E-state index in [0.717, 1.165) is 12.1 Å². The zero-order valence-electron chi connectivity index (χ0n) is 13.6. The van der Waals surface area contributed by atoms with E-state index in [0.29, 0.717) is 18.4 Å². The molecule has 0 radical (unpaired) electrons. The third-order valence-corrected chi connectivity index (χ3v) is 4.81. The molecule has 5 nitrogen and oxygen atoms in total. The fraction of sp³-hybridized carbons (Fsp3) is 0.529. The normalized spacial score (nSPS) is 21.0. The topological polar surface area (TPSA) is 64.6 Å². The quantitative estimate of drug-likeness (QED) is 0.842. The van der Waals surface area contributed by atoms with Gasteiger partial charge in [-0.15, -0.1) is 0 Å². The number of hydrogen-bond acceptors (Lipinski definition) is 4. The summed E-state index contributed by atoms with van der Waals surface area (Å²) in [5.41, 5.74) is -1.60. The minimum atomic E-state index is -4.40. The third-order valence-electron chi connectivity index (χ3n) is 4.81. The Morgan fingerprint density at radius 2 is 1.88 bits per heavy atom. The minimum absolute atomic E-state index is 0.0891. The van der Waals surface area contributed by atoms with Gasteiger partial charge in [0.05, 0.1) is 5.56 Å². The Morgan fingerprint density at radius 1 is 1.24 bits per heavy atom. The van der Waals surface area contributed by atoms with Gasteiger partial charge in [0, 0.05) is 12.0 Å². The van der Waals surface area contributed by atoms with Crippen molar-refractivity contribution in [3.63, 3.8) is 0 Å². The van der Waals surface area contributed by atoms with Crippen LogP contribution in [0.25, 0.3) is 0 Å². The number of carbonyl (C=O) groups excluding carboxylic acids is 2. The fourth-order valence-electron chi connectivity index (χ4n) is 2.86. The van der Waals surface area contributed by atoms with Crippen LogP contribution in [0.1, 0.15) is 30.9 Å². The van der Waals surface area contributed by atoms with E-state index in [-0.39, 0.29) is 25.7 Å². The maximum atomic E-state index is 12.9. The Kier molecular flexibility index (Phi) is 4.17. The lowest BCUT2D eigenvalue weighted by atomic mass is 9.89. The van der Waals surface area contributed by atoms with Crippen LogP contribution in [-0.4, -0.2) is 31.8 Å². The number of amides is 1. The van der Waals surface area contributed by atoms with E-state index < -0.39 is 28.7 Å². The molecular formula is C17H18F3NO4. The summed E-state index contributed by atoms with van der Waals surface area (Å²) in [7, 11) is 0. The third kappa shape index (κ3) is 3.57. The number of rotatable bonds is 4. The van der Waals surface area contributed by atoms with Gasteiger partial charge in [0.2, 0.25) is 5.91 Å². The molecule has 0 aromatic heterocycles. The molecule has 0 bridgehead atoms. The molecular weight excluding hydrogens is 339 g/mol. The number of cyclic esters (lactones) is 2. The first-order valence-corrected chi connectivity index (χ1v) is 7.90. The first-order valence-electron chi connectivity index (χ1n) is 7.90. The molecule has 1 aromatic rings. The first kappa shape index (κ1) is 17.6. The summed E-state index contributed by atoms with van der Waals surface area (Å²) >= 11 is 0. The molecule has 1 aromatic carbocycles. The van der Waals surface area contributed by atoms with Crippen LogP contribution < -0.4 is 5.32 Å². The van der Waals surface area contributed by atoms with Gasteiger partial charge in [-0.2, -0.15) is 13.2 Å². The summed E-state index contributed by atoms with van der Waals surface area (Å²) in [4.78, 5) is 23.3. The van der Waals surface area contributed by atoms with Crippen molar-refractivity contribution in [1.29, 1.82) is 0 Å². The van der Waals surface area contributed by atoms with E-state index >= 15 is 0 Å². The zero-order chi connectivity index (χ0) is 18.3. The lowest BCUT2D eigenvalue weighted by Gasteiger charge is -2.31. The van der Waals surface area contributed by atoms with Gasteiger partial charge in [-0.05, 0) is 31.4 Å². The number of halogens is 3. The molecule has 2 aliphatic rings. The van der Waals surface area contributed by atoms with Crippen LogP contribution in [0.2, 0.25) is 0 Å². The summed E-state index contributed by atoms with van der Waals surface area (Å²) in [6.45, 7) is 1.66. The molecule has 8 heteroatoms. The second-order valence-corrected chi connectivity index (χ2v) is 6.93. The SMILES string of the molecule is CC1(C(=O)NCC2(c3cccc(C(F)(F)F)c3)CC2)COC(=O)OC1. The average molecular weight is 357 g/mol. The van der Waals surface area contributed by atoms with Crippen molar-refractivity contribution in [2.45, 2.75) is 31.4 Å². The summed E-state index contributed by atoms with van der Waals surface area (Å²) in [5.74, 6) is -0.349. The highest BCUT2D eigenvalue weighted by atomic mass is 19.4. The van der Waals surface area contributed by atoms with Crippen LogP contribution in [0.15, 0.2) is 24.3 Å². The van der Waals surface area contributed by atoms with E-state index in [1.54, 1.807) is 13.0 Å². The molecule has 3 rings (SSSR count). The van der Waals surface area contributed by atoms with Crippen LogP contribution in [0, 0.1) is 5.41 Å². The molecule has 1 saturated heterocycles. The number of nitrogens with one attached hydrogen (secondary N) is 1. The second kappa shape index (κ2) is 5.93. The van der Waals surface area contributed by atoms with Gasteiger partial charge in [0.25, 0.3) is 0 Å². The highest BCUT2D eigenvalue weighted by Gasteiger charge is 2.47. The maximum Gasteiger partial charge on any atom is 0.508 e. The van der Waals surface area contributed by atoms with Crippen LogP contribution in [-0.2, 0) is 25.9 Å². The van der Waals surface area contributed by atoms with Gasteiger partial charge >= 0.3 is 12.3 Å². The Morgan fingerprint density at radius 3 is 2.44 bits per heavy atom. The smallest absolute Gasteiger partial charge is 0.433 e. The standard InChI is InChI=1S/C17H18F3NO4/c1-15(9-24-14(23)25-10-15)13(22)21-8-16(5-6-16)11-3-2-4-12(7-11)17(18,19)20/h2-4,7H,5-6,8-10H2,1H3,(H,21,22). The molecule has 1 heterocycles. The average Bonchev–Trinajstić information content (AvgIpc) is 3.36. The number of benzene rings is 1. The van der Waals surface area contributed by atoms with Gasteiger partial charge in [-0.25, -0.2) is 4.79 Å². The minimum Gasteiger partial charge on any atom is -0.433 e. The van der Waals surface area contributed by atoms with Crippen LogP contribution in [0.4, 0.5) is 18.0 Å². The predicted molar refractivity (Wildman–Crippen MR) is 80.8 cm³/mol. The molecule has 1 amide bonds. The van der Waals surface area contributed by atoms with Gasteiger partial charge in [0.15, 0.2) is 0 Å². The predicted octanol–water partition coefficient (Wildman–Crippen LogP) is 3.03. The van der Waals surface area contributed by atoms with Gasteiger partial charge < -0.3 is 14.8 Å². The number of hydrogen-bond donors (Lipinski definition) is 1. The molecule has 25 heavy (non-hydrogen) atoms. The van der Waals surface area contributed by atoms with Crippen molar-refractivity contribution in [1.82, 2.24) is 5.32 Å². The highest BCUT2D eigenvalue weighted by molar-refractivity contribution is 5.83. The summed E-state index contributed by atoms with van der Waals surface area (Å²) in [6.07, 6.45) is -3.80. The van der Waals surface area contributed by atoms with E-state index in [9.17, 15) is 22.8 Å². The fourth-order valence-corrected chi connectivity index (χ4v) is 2.86. The Bertz CT molecular complexity index is 687. The zero-order valence-corrected chi connectivity index (χ0v) is 13.6. The molecule has 2 fully saturated rings. The summed E-state index contributed by atoms with van der Waals surface area (Å²) < 4.78 is 48.2. The van der Waals surface area contributed by atoms with E-state index in [4.69, 9.17) is 9.47 Å². The lowest BCUT2D eigenvalue weighted by Crippen LogP contribution is -2.50. The Balaban J connectivity index is 1.67. The van der Waals surface area contributed by atoms with Crippen molar-refractivity contribution in [3.05, 3.63) is 35.4 Å². The van der Waals surface area contributed by atoms with Crippen molar-refractivity contribution in [2.75, 3.05) is 19.8 Å². The second-order valence-electron chi connectivity index (χ2n) is 6.93. The van der Waals surface area contributed by atoms with Crippen LogP contribution in [0.3, 0.4) is 0 Å². The monoisotopic (exact) mass is 357 g/mol. The summed E-state index contributed by atoms with van der Waals surface area (Å²) in [6, 6.07) is 5.22. The van der Waals surface area contributed by atoms with Gasteiger partial charge in [-0.3, -0.25) is 4.79 Å². The molecule has 1 N–H and O–H groups in total. The first-order chi connectivity index (χ1) is 11.6. The largest absolute Gasteiger partial charge is 0.508 e. The van der Waals surface area contributed by atoms with Crippen LogP contribution in [0.5, 0.6) is 0 Å². The Hall–Kier alpha value is -2.25. The number of alkyl halides is 3. The number of carbonyl (C=O) groups is 2. The van der Waals surface area contributed by atoms with Crippen LogP contribution >= 0.6 is 0 Å². The van der Waals surface area contributed by atoms with E-state index in [2.05, 4.69) is 5.32 Å². The van der Waals surface area contributed by atoms with Crippen molar-refractivity contribution >= 4 is 12.1 Å². The molecule has 0 unspecified atom stereocenters. The van der Waals surface area contributed by atoms with Crippen molar-refractivity contribution in [3.8, 4) is 0 Å². The molecule has 1 aliphatic heterocycles. The Labute approximate surface area is 142 Å². The molecule has 0 atom stereocenters. The molecule has 1 saturated carbocycles. The number of ether oxygens (including phenoxy) is 2. The van der Waals surface area contributed by atoms with Crippen molar-refractivity contribution < 1.29 is 32.2 Å². The molecule has 0 spiro atoms. The van der Waals surface area contributed by atoms with E-state index in [1.807, 2.05) is 0 Å². The van der Waals surface area contributed by atoms with Gasteiger partial charge in [0.1, 0.15) is 18.6 Å².